The Kier molecular flexibility index (Phi) is 7.92. The van der Waals surface area contributed by atoms with E-state index in [1.165, 1.54) is 9.54 Å². The van der Waals surface area contributed by atoms with Crippen molar-refractivity contribution in [2.24, 2.45) is 0 Å². The first-order valence-electron chi connectivity index (χ1n) is 6.98. The molecule has 0 aliphatic rings. The summed E-state index contributed by atoms with van der Waals surface area (Å²) < 4.78 is 6.78. The van der Waals surface area contributed by atoms with Crippen molar-refractivity contribution in [2.75, 3.05) is 6.61 Å². The number of halogens is 2. The van der Waals surface area contributed by atoms with Crippen LogP contribution in [0, 0.1) is 0 Å². The molecule has 0 saturated carbocycles. The van der Waals surface area contributed by atoms with Crippen LogP contribution in [0.4, 0.5) is 0 Å². The molecule has 0 aromatic heterocycles. The molecule has 0 spiro atoms. The molecule has 1 aromatic rings. The molecule has 1 amide bonds. The molecular formula is C14H22Cl2N4O2. The molecule has 0 unspecified atom stereocenters. The summed E-state index contributed by atoms with van der Waals surface area (Å²) in [5, 5.41) is 2.03. The second kappa shape index (κ2) is 9.17. The molecule has 0 radical (unpaired) electrons. The number of rotatable bonds is 8. The molecular weight excluding hydrogens is 327 g/mol. The topological polar surface area (TPSA) is 56.8 Å². The van der Waals surface area contributed by atoms with Crippen molar-refractivity contribution >= 4 is 29.3 Å². The predicted octanol–water partition coefficient (Wildman–Crippen LogP) is 2.74. The van der Waals surface area contributed by atoms with E-state index in [9.17, 15) is 4.79 Å². The Morgan fingerprint density at radius 2 is 1.73 bits per heavy atom. The highest BCUT2D eigenvalue weighted by Gasteiger charge is 2.18. The van der Waals surface area contributed by atoms with Gasteiger partial charge in [0.25, 0.3) is 5.91 Å². The lowest BCUT2D eigenvalue weighted by atomic mass is 10.3. The number of ether oxygens (including phenoxy) is 1. The molecule has 0 atom stereocenters. The van der Waals surface area contributed by atoms with Crippen molar-refractivity contribution in [1.82, 2.24) is 20.6 Å². The summed E-state index contributed by atoms with van der Waals surface area (Å²) in [5.74, 6) is 0.349. The van der Waals surface area contributed by atoms with Gasteiger partial charge in [0.2, 0.25) is 0 Å². The minimum Gasteiger partial charge on any atom is -0.484 e. The van der Waals surface area contributed by atoms with Crippen molar-refractivity contribution < 1.29 is 9.53 Å². The van der Waals surface area contributed by atoms with E-state index in [-0.39, 0.29) is 24.6 Å². The van der Waals surface area contributed by atoms with Gasteiger partial charge in [-0.05, 0) is 63.7 Å². The number of nitrogens with zero attached hydrogens (tertiary/aromatic N) is 2. The first-order valence-corrected chi connectivity index (χ1v) is 7.69. The highest BCUT2D eigenvalue weighted by atomic mass is 35.5. The summed E-state index contributed by atoms with van der Waals surface area (Å²) in [6.07, 6.45) is 0. The lowest BCUT2D eigenvalue weighted by Gasteiger charge is -2.30. The summed E-state index contributed by atoms with van der Waals surface area (Å²) >= 11 is 11.7. The number of benzene rings is 1. The van der Waals surface area contributed by atoms with Gasteiger partial charge in [-0.15, -0.1) is 4.53 Å². The number of amides is 1. The second-order valence-electron chi connectivity index (χ2n) is 5.23. The van der Waals surface area contributed by atoms with Gasteiger partial charge < -0.3 is 4.74 Å². The van der Waals surface area contributed by atoms with Crippen LogP contribution in [0.25, 0.3) is 0 Å². The Balaban J connectivity index is 2.52. The van der Waals surface area contributed by atoms with E-state index in [0.29, 0.717) is 10.8 Å². The van der Waals surface area contributed by atoms with E-state index < -0.39 is 0 Å². The molecule has 1 aromatic carbocycles. The molecule has 0 aliphatic carbocycles. The van der Waals surface area contributed by atoms with Gasteiger partial charge in [0.1, 0.15) is 5.75 Å². The van der Waals surface area contributed by atoms with E-state index in [0.717, 1.165) is 0 Å². The van der Waals surface area contributed by atoms with Crippen molar-refractivity contribution in [2.45, 2.75) is 39.8 Å². The van der Waals surface area contributed by atoms with Crippen LogP contribution in [0.3, 0.4) is 0 Å². The first-order chi connectivity index (χ1) is 10.3. The van der Waals surface area contributed by atoms with Gasteiger partial charge in [-0.1, -0.05) is 11.6 Å². The third-order valence-corrected chi connectivity index (χ3v) is 3.42. The van der Waals surface area contributed by atoms with E-state index in [4.69, 9.17) is 28.1 Å². The smallest absolute Gasteiger partial charge is 0.275 e. The zero-order valence-electron chi connectivity index (χ0n) is 13.1. The highest BCUT2D eigenvalue weighted by Crippen LogP contribution is 2.15. The summed E-state index contributed by atoms with van der Waals surface area (Å²) in [6.45, 7) is 7.48. The van der Waals surface area contributed by atoms with E-state index >= 15 is 0 Å². The Morgan fingerprint density at radius 3 is 2.23 bits per heavy atom. The van der Waals surface area contributed by atoms with Crippen LogP contribution in [0.2, 0.25) is 5.02 Å². The maximum Gasteiger partial charge on any atom is 0.275 e. The fourth-order valence-electron chi connectivity index (χ4n) is 1.46. The number of hydrogen-bond acceptors (Lipinski definition) is 5. The zero-order valence-corrected chi connectivity index (χ0v) is 14.6. The number of carbonyl (C=O) groups is 1. The number of hydrazine groups is 3. The third kappa shape index (κ3) is 6.37. The van der Waals surface area contributed by atoms with Gasteiger partial charge in [-0.2, -0.15) is 11.1 Å². The standard InChI is InChI=1S/C14H22Cl2N4O2/c1-10(2)19(17-18-20(16)11(3)4)14(21)9-22-13-7-5-12(15)6-8-13/h5-8,10-11,17-18H,9H2,1-4H3. The van der Waals surface area contributed by atoms with Crippen LogP contribution in [-0.4, -0.2) is 34.1 Å². The molecule has 2 N–H and O–H groups in total. The van der Waals surface area contributed by atoms with Crippen LogP contribution in [-0.2, 0) is 4.79 Å². The fraction of sp³-hybridized carbons (Fsp3) is 0.500. The van der Waals surface area contributed by atoms with Gasteiger partial charge in [-0.3, -0.25) is 9.80 Å². The lowest BCUT2D eigenvalue weighted by Crippen LogP contribution is -2.58. The first kappa shape index (κ1) is 19.0. The summed E-state index contributed by atoms with van der Waals surface area (Å²) in [7, 11) is 0. The number of carbonyl (C=O) groups excluding carboxylic acids is 1. The fourth-order valence-corrected chi connectivity index (χ4v) is 1.62. The molecule has 1 rings (SSSR count). The van der Waals surface area contributed by atoms with Gasteiger partial charge in [-0.25, -0.2) is 0 Å². The Hall–Kier alpha value is -1.05. The van der Waals surface area contributed by atoms with Gasteiger partial charge in [0, 0.05) is 17.1 Å². The Morgan fingerprint density at radius 1 is 1.14 bits per heavy atom. The summed E-state index contributed by atoms with van der Waals surface area (Å²) in [5.41, 5.74) is 5.50. The van der Waals surface area contributed by atoms with Crippen molar-refractivity contribution in [3.05, 3.63) is 29.3 Å². The zero-order chi connectivity index (χ0) is 16.7. The predicted molar refractivity (Wildman–Crippen MR) is 88.0 cm³/mol. The van der Waals surface area contributed by atoms with Crippen molar-refractivity contribution in [1.29, 1.82) is 0 Å². The van der Waals surface area contributed by atoms with Crippen molar-refractivity contribution in [3.63, 3.8) is 0 Å². The molecule has 0 heterocycles. The Bertz CT molecular complexity index is 468. The largest absolute Gasteiger partial charge is 0.484 e. The van der Waals surface area contributed by atoms with E-state index in [2.05, 4.69) is 11.1 Å². The molecule has 0 saturated heterocycles. The van der Waals surface area contributed by atoms with Crippen LogP contribution in [0.5, 0.6) is 5.75 Å². The molecule has 22 heavy (non-hydrogen) atoms. The minimum atomic E-state index is -0.230. The average Bonchev–Trinajstić information content (AvgIpc) is 2.46. The molecule has 6 nitrogen and oxygen atoms in total. The van der Waals surface area contributed by atoms with Crippen LogP contribution >= 0.6 is 23.4 Å². The SMILES string of the molecule is CC(C)N(Cl)NNN(C(=O)COc1ccc(Cl)cc1)C(C)C. The Labute approximate surface area is 141 Å². The molecule has 124 valence electrons. The maximum atomic E-state index is 12.2. The molecule has 0 fully saturated rings. The monoisotopic (exact) mass is 348 g/mol. The molecule has 0 bridgehead atoms. The molecule has 8 heteroatoms. The number of hydrogen-bond donors (Lipinski definition) is 2. The van der Waals surface area contributed by atoms with Gasteiger partial charge in [0.15, 0.2) is 6.61 Å². The summed E-state index contributed by atoms with van der Waals surface area (Å²) in [6, 6.07) is 6.81. The maximum absolute atomic E-state index is 12.2. The van der Waals surface area contributed by atoms with Gasteiger partial charge in [0.05, 0.1) is 0 Å². The van der Waals surface area contributed by atoms with Crippen molar-refractivity contribution in [3.8, 4) is 5.75 Å². The lowest BCUT2D eigenvalue weighted by molar-refractivity contribution is -0.141. The van der Waals surface area contributed by atoms with E-state index in [1.54, 1.807) is 24.3 Å². The van der Waals surface area contributed by atoms with Crippen LogP contribution in [0.15, 0.2) is 24.3 Å². The quantitative estimate of drug-likeness (QED) is 0.558. The second-order valence-corrected chi connectivity index (χ2v) is 6.03. The third-order valence-electron chi connectivity index (χ3n) is 2.69. The minimum absolute atomic E-state index is 0.0589. The van der Waals surface area contributed by atoms with Gasteiger partial charge >= 0.3 is 0 Å². The highest BCUT2D eigenvalue weighted by molar-refractivity contribution is 6.30. The summed E-state index contributed by atoms with van der Waals surface area (Å²) in [4.78, 5) is 12.2. The average molecular weight is 349 g/mol. The molecule has 0 aliphatic heterocycles. The van der Waals surface area contributed by atoms with E-state index in [1.807, 2.05) is 27.7 Å². The number of nitrogens with one attached hydrogen (secondary N) is 2. The van der Waals surface area contributed by atoms with Crippen LogP contribution < -0.4 is 15.8 Å². The normalized spacial score (nSPS) is 11.3. The van der Waals surface area contributed by atoms with Crippen LogP contribution in [0.1, 0.15) is 27.7 Å².